The molecule has 1 aromatic heterocycles. The Morgan fingerprint density at radius 3 is 2.39 bits per heavy atom. The highest BCUT2D eigenvalue weighted by atomic mass is 32.2. The fourth-order valence-corrected chi connectivity index (χ4v) is 2.73. The normalized spacial score (nSPS) is 12.8. The number of nitrogens with zero attached hydrogens (tertiary/aromatic N) is 2. The molecule has 0 aliphatic carbocycles. The van der Waals surface area contributed by atoms with Crippen molar-refractivity contribution in [1.82, 2.24) is 14.6 Å². The summed E-state index contributed by atoms with van der Waals surface area (Å²) in [7, 11) is -2.13. The van der Waals surface area contributed by atoms with E-state index in [4.69, 9.17) is 0 Å². The van der Waals surface area contributed by atoms with E-state index in [1.807, 2.05) is 12.1 Å². The van der Waals surface area contributed by atoms with Gasteiger partial charge >= 0.3 is 0 Å². The predicted octanol–water partition coefficient (Wildman–Crippen LogP) is 1.33. The molecule has 0 radical (unpaired) electrons. The first-order valence-electron chi connectivity index (χ1n) is 7.05. The number of amides is 1. The quantitative estimate of drug-likeness (QED) is 0.865. The third-order valence-electron chi connectivity index (χ3n) is 3.42. The van der Waals surface area contributed by atoms with Crippen LogP contribution < -0.4 is 5.32 Å². The van der Waals surface area contributed by atoms with Gasteiger partial charge in [0.05, 0.1) is 18.5 Å². The van der Waals surface area contributed by atoms with Crippen molar-refractivity contribution in [2.24, 2.45) is 0 Å². The van der Waals surface area contributed by atoms with Gasteiger partial charge in [0, 0.05) is 13.2 Å². The van der Waals surface area contributed by atoms with Gasteiger partial charge in [-0.05, 0) is 17.7 Å². The molecule has 0 aliphatic rings. The van der Waals surface area contributed by atoms with Crippen LogP contribution >= 0.6 is 0 Å². The molecule has 0 unspecified atom stereocenters. The lowest BCUT2D eigenvalue weighted by Gasteiger charge is -2.25. The molecule has 122 valence electrons. The van der Waals surface area contributed by atoms with Crippen LogP contribution in [0.15, 0.2) is 54.7 Å². The summed E-state index contributed by atoms with van der Waals surface area (Å²) in [6, 6.07) is 13.3. The lowest BCUT2D eigenvalue weighted by Crippen LogP contribution is -2.41. The maximum Gasteiger partial charge on any atom is 0.243 e. The number of aromatic nitrogens is 1. The number of carbonyl (C=O) groups is 1. The molecule has 1 heterocycles. The van der Waals surface area contributed by atoms with Crippen molar-refractivity contribution in [2.75, 3.05) is 13.3 Å². The largest absolute Gasteiger partial charge is 0.349 e. The van der Waals surface area contributed by atoms with Crippen LogP contribution in [0.3, 0.4) is 0 Å². The summed E-state index contributed by atoms with van der Waals surface area (Å²) in [5.74, 6) is -0.394. The molecule has 0 saturated heterocycles. The summed E-state index contributed by atoms with van der Waals surface area (Å²) in [4.78, 5) is 16.7. The molecule has 0 spiro atoms. The number of benzene rings is 1. The zero-order valence-electron chi connectivity index (χ0n) is 13.0. The van der Waals surface area contributed by atoms with Crippen LogP contribution in [0.1, 0.15) is 17.3 Å². The maximum atomic E-state index is 12.6. The molecule has 2 rings (SSSR count). The van der Waals surface area contributed by atoms with Gasteiger partial charge in [-0.2, -0.15) is 4.31 Å². The van der Waals surface area contributed by atoms with Gasteiger partial charge in [0.25, 0.3) is 0 Å². The molecule has 0 saturated carbocycles. The highest BCUT2D eigenvalue weighted by molar-refractivity contribution is 7.88. The molecule has 7 heteroatoms. The average Bonchev–Trinajstić information content (AvgIpc) is 2.54. The summed E-state index contributed by atoms with van der Waals surface area (Å²) >= 11 is 0. The van der Waals surface area contributed by atoms with Gasteiger partial charge in [-0.3, -0.25) is 9.78 Å². The van der Waals surface area contributed by atoms with Crippen LogP contribution in [-0.4, -0.2) is 36.9 Å². The van der Waals surface area contributed by atoms with Crippen LogP contribution in [0.25, 0.3) is 0 Å². The number of hydrogen-bond donors (Lipinski definition) is 1. The molecular weight excluding hydrogens is 314 g/mol. The van der Waals surface area contributed by atoms with E-state index in [1.165, 1.54) is 7.05 Å². The Bertz CT molecular complexity index is 749. The maximum absolute atomic E-state index is 12.6. The molecule has 1 aromatic carbocycles. The van der Waals surface area contributed by atoms with Crippen LogP contribution in [0.2, 0.25) is 0 Å². The van der Waals surface area contributed by atoms with Crippen molar-refractivity contribution in [2.45, 2.75) is 12.6 Å². The number of carbonyl (C=O) groups excluding carboxylic acids is 1. The molecule has 0 bridgehead atoms. The molecular formula is C16H19N3O3S. The van der Waals surface area contributed by atoms with Crippen molar-refractivity contribution in [3.8, 4) is 0 Å². The summed E-state index contributed by atoms with van der Waals surface area (Å²) in [6.07, 6.45) is 2.72. The zero-order valence-corrected chi connectivity index (χ0v) is 13.8. The summed E-state index contributed by atoms with van der Waals surface area (Å²) in [5.41, 5.74) is 1.31. The highest BCUT2D eigenvalue weighted by Crippen LogP contribution is 2.21. The predicted molar refractivity (Wildman–Crippen MR) is 87.9 cm³/mol. The minimum atomic E-state index is -3.52. The molecule has 2 aromatic rings. The first-order valence-corrected chi connectivity index (χ1v) is 8.90. The second-order valence-electron chi connectivity index (χ2n) is 5.13. The van der Waals surface area contributed by atoms with Gasteiger partial charge in [-0.1, -0.05) is 36.4 Å². The molecule has 6 nitrogen and oxygen atoms in total. The monoisotopic (exact) mass is 333 g/mol. The number of pyridine rings is 1. The standard InChI is InChI=1S/C16H19N3O3S/c1-19(23(2,21)22)15(13-8-4-3-5-9-13)16(20)18-12-14-10-6-7-11-17-14/h3-11,15H,12H2,1-2H3,(H,18,20)/t15-/m0/s1. The van der Waals surface area contributed by atoms with E-state index in [-0.39, 0.29) is 6.54 Å². The summed E-state index contributed by atoms with van der Waals surface area (Å²) in [6.45, 7) is 0.237. The fraction of sp³-hybridized carbons (Fsp3) is 0.250. The van der Waals surface area contributed by atoms with Crippen LogP contribution in [0, 0.1) is 0 Å². The Morgan fingerprint density at radius 2 is 1.83 bits per heavy atom. The molecule has 1 N–H and O–H groups in total. The van der Waals surface area contributed by atoms with Gasteiger partial charge < -0.3 is 5.32 Å². The second-order valence-corrected chi connectivity index (χ2v) is 7.17. The molecule has 1 amide bonds. The zero-order chi connectivity index (χ0) is 16.9. The third kappa shape index (κ3) is 4.61. The molecule has 1 atom stereocenters. The van der Waals surface area contributed by atoms with Crippen molar-refractivity contribution in [3.63, 3.8) is 0 Å². The Morgan fingerprint density at radius 1 is 1.17 bits per heavy atom. The van der Waals surface area contributed by atoms with E-state index >= 15 is 0 Å². The third-order valence-corrected chi connectivity index (χ3v) is 4.68. The molecule has 23 heavy (non-hydrogen) atoms. The van der Waals surface area contributed by atoms with Gasteiger partial charge in [-0.25, -0.2) is 8.42 Å². The SMILES string of the molecule is CN([C@H](C(=O)NCc1ccccn1)c1ccccc1)S(C)(=O)=O. The number of rotatable bonds is 6. The van der Waals surface area contributed by atoms with E-state index in [9.17, 15) is 13.2 Å². The Kier molecular flexibility index (Phi) is 5.46. The fourth-order valence-electron chi connectivity index (χ4n) is 2.13. The molecule has 0 fully saturated rings. The van der Waals surface area contributed by atoms with Crippen LogP contribution in [0.5, 0.6) is 0 Å². The highest BCUT2D eigenvalue weighted by Gasteiger charge is 2.30. The first-order chi connectivity index (χ1) is 10.9. The topological polar surface area (TPSA) is 79.4 Å². The minimum Gasteiger partial charge on any atom is -0.349 e. The summed E-state index contributed by atoms with van der Waals surface area (Å²) < 4.78 is 24.8. The Balaban J connectivity index is 2.21. The summed E-state index contributed by atoms with van der Waals surface area (Å²) in [5, 5.41) is 2.74. The van der Waals surface area contributed by atoms with Crippen LogP contribution in [-0.2, 0) is 21.4 Å². The van der Waals surface area contributed by atoms with Crippen molar-refractivity contribution >= 4 is 15.9 Å². The van der Waals surface area contributed by atoms with E-state index in [1.54, 1.807) is 42.6 Å². The average molecular weight is 333 g/mol. The van der Waals surface area contributed by atoms with Gasteiger partial charge in [0.1, 0.15) is 6.04 Å². The van der Waals surface area contributed by atoms with Gasteiger partial charge in [0.2, 0.25) is 15.9 Å². The number of hydrogen-bond acceptors (Lipinski definition) is 4. The van der Waals surface area contributed by atoms with Crippen LogP contribution in [0.4, 0.5) is 0 Å². The van der Waals surface area contributed by atoms with E-state index in [2.05, 4.69) is 10.3 Å². The first kappa shape index (κ1) is 17.1. The van der Waals surface area contributed by atoms with Gasteiger partial charge in [-0.15, -0.1) is 0 Å². The van der Waals surface area contributed by atoms with Crippen molar-refractivity contribution in [1.29, 1.82) is 0 Å². The number of sulfonamides is 1. The Hall–Kier alpha value is -2.25. The van der Waals surface area contributed by atoms with Crippen molar-refractivity contribution in [3.05, 3.63) is 66.0 Å². The second kappa shape index (κ2) is 7.34. The Labute approximate surface area is 136 Å². The minimum absolute atomic E-state index is 0.237. The van der Waals surface area contributed by atoms with E-state index in [0.29, 0.717) is 11.3 Å². The lowest BCUT2D eigenvalue weighted by atomic mass is 10.1. The van der Waals surface area contributed by atoms with E-state index in [0.717, 1.165) is 10.6 Å². The van der Waals surface area contributed by atoms with Gasteiger partial charge in [0.15, 0.2) is 0 Å². The number of nitrogens with one attached hydrogen (secondary N) is 1. The smallest absolute Gasteiger partial charge is 0.243 e. The lowest BCUT2D eigenvalue weighted by molar-refractivity contribution is -0.125. The number of likely N-dealkylation sites (N-methyl/N-ethyl adjacent to an activating group) is 1. The van der Waals surface area contributed by atoms with Crippen molar-refractivity contribution < 1.29 is 13.2 Å². The van der Waals surface area contributed by atoms with E-state index < -0.39 is 22.0 Å². The molecule has 0 aliphatic heterocycles.